The highest BCUT2D eigenvalue weighted by Gasteiger charge is 2.16. The highest BCUT2D eigenvalue weighted by molar-refractivity contribution is 6.31. The molecule has 0 aliphatic carbocycles. The number of hydrogen-bond acceptors (Lipinski definition) is 3. The summed E-state index contributed by atoms with van der Waals surface area (Å²) in [4.78, 5) is 11.3. The van der Waals surface area contributed by atoms with Crippen LogP contribution >= 0.6 is 11.6 Å². The van der Waals surface area contributed by atoms with Gasteiger partial charge in [-0.05, 0) is 25.5 Å². The van der Waals surface area contributed by atoms with Crippen LogP contribution in [0, 0.1) is 13.8 Å². The van der Waals surface area contributed by atoms with Crippen LogP contribution in [0.2, 0.25) is 5.02 Å². The molecule has 0 fully saturated rings. The van der Waals surface area contributed by atoms with Gasteiger partial charge in [0.25, 0.3) is 0 Å². The summed E-state index contributed by atoms with van der Waals surface area (Å²) in [5.74, 6) is -1.04. The summed E-state index contributed by atoms with van der Waals surface area (Å²) >= 11 is 6.07. The number of nitrogens with two attached hydrogens (primary N) is 1. The van der Waals surface area contributed by atoms with E-state index in [1.54, 1.807) is 22.9 Å². The Morgan fingerprint density at radius 3 is 2.68 bits per heavy atom. The highest BCUT2D eigenvalue weighted by atomic mass is 35.5. The third-order valence-corrected chi connectivity index (χ3v) is 3.56. The van der Waals surface area contributed by atoms with E-state index in [1.807, 2.05) is 13.8 Å². The monoisotopic (exact) mass is 279 g/mol. The predicted octanol–water partition coefficient (Wildman–Crippen LogP) is 2.48. The first kappa shape index (κ1) is 13.4. The quantitative estimate of drug-likeness (QED) is 0.846. The summed E-state index contributed by atoms with van der Waals surface area (Å²) in [5, 5.41) is 14.1. The van der Waals surface area contributed by atoms with E-state index in [4.69, 9.17) is 17.3 Å². The SMILES string of the molecule is Cc1nn(Cc2cccc(N)c2C(=O)O)c(C)c1Cl. The molecule has 1 aromatic heterocycles. The van der Waals surface area contributed by atoms with E-state index in [-0.39, 0.29) is 11.3 Å². The van der Waals surface area contributed by atoms with Crippen molar-refractivity contribution in [2.45, 2.75) is 20.4 Å². The highest BCUT2D eigenvalue weighted by Crippen LogP contribution is 2.22. The predicted molar refractivity (Wildman–Crippen MR) is 73.6 cm³/mol. The lowest BCUT2D eigenvalue weighted by Gasteiger charge is -2.10. The number of nitrogens with zero attached hydrogens (tertiary/aromatic N) is 2. The van der Waals surface area contributed by atoms with Gasteiger partial charge in [0.15, 0.2) is 0 Å². The van der Waals surface area contributed by atoms with Crippen LogP contribution in [0.1, 0.15) is 27.3 Å². The number of halogens is 1. The molecular weight excluding hydrogens is 266 g/mol. The van der Waals surface area contributed by atoms with E-state index in [2.05, 4.69) is 5.10 Å². The molecule has 1 aromatic carbocycles. The fourth-order valence-corrected chi connectivity index (χ4v) is 2.14. The smallest absolute Gasteiger partial charge is 0.338 e. The Hall–Kier alpha value is -2.01. The molecule has 5 nitrogen and oxygen atoms in total. The summed E-state index contributed by atoms with van der Waals surface area (Å²) in [6.45, 7) is 3.98. The Morgan fingerprint density at radius 1 is 1.47 bits per heavy atom. The van der Waals surface area contributed by atoms with Gasteiger partial charge in [0.2, 0.25) is 0 Å². The summed E-state index contributed by atoms with van der Waals surface area (Å²) in [7, 11) is 0. The molecule has 0 bridgehead atoms. The Morgan fingerprint density at radius 2 is 2.16 bits per heavy atom. The number of benzene rings is 1. The molecule has 0 saturated heterocycles. The van der Waals surface area contributed by atoms with Crippen LogP contribution < -0.4 is 5.73 Å². The first-order valence-corrected chi connectivity index (χ1v) is 6.09. The molecule has 19 heavy (non-hydrogen) atoms. The van der Waals surface area contributed by atoms with Gasteiger partial charge in [0.1, 0.15) is 0 Å². The average molecular weight is 280 g/mol. The van der Waals surface area contributed by atoms with Crippen molar-refractivity contribution in [2.24, 2.45) is 0 Å². The van der Waals surface area contributed by atoms with E-state index in [1.165, 1.54) is 0 Å². The van der Waals surface area contributed by atoms with E-state index < -0.39 is 5.97 Å². The number of carboxylic acid groups (broad SMARTS) is 1. The van der Waals surface area contributed by atoms with E-state index in [0.29, 0.717) is 17.1 Å². The minimum atomic E-state index is -1.04. The number of aryl methyl sites for hydroxylation is 1. The second-order valence-electron chi connectivity index (χ2n) is 4.33. The van der Waals surface area contributed by atoms with Crippen LogP contribution in [-0.2, 0) is 6.54 Å². The molecule has 0 amide bonds. The summed E-state index contributed by atoms with van der Waals surface area (Å²) in [6.07, 6.45) is 0. The van der Waals surface area contributed by atoms with Crippen LogP contribution in [0.5, 0.6) is 0 Å². The molecule has 2 rings (SSSR count). The zero-order valence-electron chi connectivity index (χ0n) is 10.6. The van der Waals surface area contributed by atoms with Crippen molar-refractivity contribution in [3.8, 4) is 0 Å². The zero-order chi connectivity index (χ0) is 14.2. The van der Waals surface area contributed by atoms with Gasteiger partial charge < -0.3 is 10.8 Å². The van der Waals surface area contributed by atoms with Crippen molar-refractivity contribution in [2.75, 3.05) is 5.73 Å². The number of carbonyl (C=O) groups is 1. The zero-order valence-corrected chi connectivity index (χ0v) is 11.4. The molecule has 0 saturated carbocycles. The van der Waals surface area contributed by atoms with Gasteiger partial charge in [-0.25, -0.2) is 4.79 Å². The minimum absolute atomic E-state index is 0.117. The van der Waals surface area contributed by atoms with Crippen LogP contribution in [-0.4, -0.2) is 20.9 Å². The Kier molecular flexibility index (Phi) is 3.48. The maximum absolute atomic E-state index is 11.3. The second kappa shape index (κ2) is 4.93. The molecule has 2 aromatic rings. The maximum atomic E-state index is 11.3. The Bertz CT molecular complexity index is 650. The standard InChI is InChI=1S/C13H14ClN3O2/c1-7-12(14)8(2)17(16-7)6-9-4-3-5-10(15)11(9)13(18)19/h3-5H,6,15H2,1-2H3,(H,18,19). The van der Waals surface area contributed by atoms with E-state index in [9.17, 15) is 9.90 Å². The number of hydrogen-bond donors (Lipinski definition) is 2. The summed E-state index contributed by atoms with van der Waals surface area (Å²) < 4.78 is 1.68. The number of nitrogen functional groups attached to an aromatic ring is 1. The van der Waals surface area contributed by atoms with Gasteiger partial charge >= 0.3 is 5.97 Å². The second-order valence-corrected chi connectivity index (χ2v) is 4.71. The summed E-state index contributed by atoms with van der Waals surface area (Å²) in [5.41, 5.74) is 8.21. The number of aromatic carboxylic acids is 1. The van der Waals surface area contributed by atoms with Crippen molar-refractivity contribution in [3.63, 3.8) is 0 Å². The van der Waals surface area contributed by atoms with Crippen LogP contribution in [0.3, 0.4) is 0 Å². The molecule has 0 atom stereocenters. The third-order valence-electron chi connectivity index (χ3n) is 3.01. The Balaban J connectivity index is 2.47. The fourth-order valence-electron chi connectivity index (χ4n) is 2.00. The van der Waals surface area contributed by atoms with Crippen LogP contribution in [0.25, 0.3) is 0 Å². The lowest BCUT2D eigenvalue weighted by Crippen LogP contribution is -2.11. The largest absolute Gasteiger partial charge is 0.478 e. The van der Waals surface area contributed by atoms with E-state index in [0.717, 1.165) is 11.4 Å². The molecule has 0 aliphatic heterocycles. The first-order chi connectivity index (χ1) is 8.91. The number of aromatic nitrogens is 2. The first-order valence-electron chi connectivity index (χ1n) is 5.72. The molecule has 0 spiro atoms. The van der Waals surface area contributed by atoms with Crippen molar-refractivity contribution in [3.05, 3.63) is 45.7 Å². The summed E-state index contributed by atoms with van der Waals surface area (Å²) in [6, 6.07) is 5.02. The van der Waals surface area contributed by atoms with Crippen molar-refractivity contribution >= 4 is 23.3 Å². The third kappa shape index (κ3) is 2.42. The molecule has 6 heteroatoms. The minimum Gasteiger partial charge on any atom is -0.478 e. The van der Waals surface area contributed by atoms with Gasteiger partial charge in [-0.1, -0.05) is 23.7 Å². The lowest BCUT2D eigenvalue weighted by atomic mass is 10.1. The van der Waals surface area contributed by atoms with Gasteiger partial charge in [0, 0.05) is 5.69 Å². The van der Waals surface area contributed by atoms with Crippen LogP contribution in [0.4, 0.5) is 5.69 Å². The molecule has 1 heterocycles. The van der Waals surface area contributed by atoms with Gasteiger partial charge in [-0.2, -0.15) is 5.10 Å². The molecule has 3 N–H and O–H groups in total. The van der Waals surface area contributed by atoms with Gasteiger partial charge in [-0.3, -0.25) is 4.68 Å². The topological polar surface area (TPSA) is 81.1 Å². The van der Waals surface area contributed by atoms with Crippen LogP contribution in [0.15, 0.2) is 18.2 Å². The number of carboxylic acids is 1. The average Bonchev–Trinajstić information content (AvgIpc) is 2.57. The van der Waals surface area contributed by atoms with E-state index >= 15 is 0 Å². The molecule has 100 valence electrons. The molecular formula is C13H14ClN3O2. The molecule has 0 aliphatic rings. The number of anilines is 1. The number of rotatable bonds is 3. The maximum Gasteiger partial charge on any atom is 0.338 e. The molecule has 0 unspecified atom stereocenters. The fraction of sp³-hybridized carbons (Fsp3) is 0.231. The Labute approximate surface area is 115 Å². The van der Waals surface area contributed by atoms with Crippen molar-refractivity contribution < 1.29 is 9.90 Å². The van der Waals surface area contributed by atoms with Crippen molar-refractivity contribution in [1.82, 2.24) is 9.78 Å². The molecule has 0 radical (unpaired) electrons. The normalized spacial score (nSPS) is 10.7. The lowest BCUT2D eigenvalue weighted by molar-refractivity contribution is 0.0696. The van der Waals surface area contributed by atoms with Crippen molar-refractivity contribution in [1.29, 1.82) is 0 Å². The van der Waals surface area contributed by atoms with Gasteiger partial charge in [-0.15, -0.1) is 0 Å². The van der Waals surface area contributed by atoms with Gasteiger partial charge in [0.05, 0.1) is 28.5 Å².